The van der Waals surface area contributed by atoms with E-state index in [2.05, 4.69) is 5.32 Å². The number of rotatable bonds is 9. The Balaban J connectivity index is 2.18. The average molecular weight is 439 g/mol. The summed E-state index contributed by atoms with van der Waals surface area (Å²) in [4.78, 5) is 2.01. The van der Waals surface area contributed by atoms with E-state index in [1.807, 2.05) is 112 Å². The Labute approximate surface area is 185 Å². The van der Waals surface area contributed by atoms with Crippen LogP contribution >= 0.6 is 7.37 Å². The second-order valence-corrected chi connectivity index (χ2v) is 10.3. The maximum atomic E-state index is 14.7. The Morgan fingerprint density at radius 2 is 1.48 bits per heavy atom. The molecule has 3 aromatic carbocycles. The van der Waals surface area contributed by atoms with Crippen molar-refractivity contribution in [2.24, 2.45) is 0 Å². The Morgan fingerprint density at radius 1 is 0.871 bits per heavy atom. The quantitative estimate of drug-likeness (QED) is 0.422. The van der Waals surface area contributed by atoms with Gasteiger partial charge in [0.2, 0.25) is 0 Å². The first-order valence-corrected chi connectivity index (χ1v) is 12.0. The third-order valence-electron chi connectivity index (χ3n) is 4.94. The van der Waals surface area contributed by atoms with Crippen molar-refractivity contribution in [1.82, 2.24) is 0 Å². The zero-order chi connectivity index (χ0) is 22.4. The van der Waals surface area contributed by atoms with Crippen molar-refractivity contribution in [2.45, 2.75) is 25.7 Å². The lowest BCUT2D eigenvalue weighted by Crippen LogP contribution is -2.23. The molecule has 0 saturated carbocycles. The minimum Gasteiger partial charge on any atom is -0.496 e. The molecule has 3 aromatic rings. The Bertz CT molecular complexity index is 1020. The zero-order valence-corrected chi connectivity index (χ0v) is 19.7. The molecule has 5 nitrogen and oxygen atoms in total. The first kappa shape index (κ1) is 22.9. The summed E-state index contributed by atoms with van der Waals surface area (Å²) in [5.41, 5.74) is 2.68. The van der Waals surface area contributed by atoms with Gasteiger partial charge in [-0.1, -0.05) is 36.4 Å². The Kier molecular flexibility index (Phi) is 7.42. The highest BCUT2D eigenvalue weighted by molar-refractivity contribution is 7.67. The molecule has 1 N–H and O–H groups in total. The van der Waals surface area contributed by atoms with Crippen LogP contribution in [0.1, 0.15) is 25.2 Å². The topological polar surface area (TPSA) is 50.8 Å². The first-order valence-electron chi connectivity index (χ1n) is 10.4. The molecular weight excluding hydrogens is 407 g/mol. The predicted molar refractivity (Wildman–Crippen MR) is 130 cm³/mol. The minimum absolute atomic E-state index is 0.228. The molecule has 0 saturated heterocycles. The summed E-state index contributed by atoms with van der Waals surface area (Å²) in [6.45, 7) is 3.81. The van der Waals surface area contributed by atoms with Crippen molar-refractivity contribution in [2.75, 3.05) is 31.4 Å². The minimum atomic E-state index is -3.43. The van der Waals surface area contributed by atoms with Crippen LogP contribution in [0.5, 0.6) is 5.75 Å². The molecule has 0 heterocycles. The molecule has 0 aliphatic heterocycles. The number of hydrogen-bond donors (Lipinski definition) is 1. The van der Waals surface area contributed by atoms with E-state index in [0.29, 0.717) is 11.1 Å². The van der Waals surface area contributed by atoms with Gasteiger partial charge in [-0.3, -0.25) is 4.57 Å². The SMILES string of the molecule is COc1ccccc1C(Nc1ccccc1)P(=O)(OC(C)C)c1ccc(N(C)C)cc1. The van der Waals surface area contributed by atoms with E-state index < -0.39 is 13.2 Å². The molecule has 6 heteroatoms. The molecule has 0 amide bonds. The van der Waals surface area contributed by atoms with Crippen LogP contribution in [-0.2, 0) is 9.09 Å². The number of para-hydroxylation sites is 2. The summed E-state index contributed by atoms with van der Waals surface area (Å²) in [5.74, 6) is 0.0343. The number of methoxy groups -OCH3 is 1. The van der Waals surface area contributed by atoms with Crippen molar-refractivity contribution in [3.8, 4) is 5.75 Å². The van der Waals surface area contributed by atoms with Gasteiger partial charge in [0.05, 0.1) is 13.2 Å². The van der Waals surface area contributed by atoms with Gasteiger partial charge in [-0.05, 0) is 56.3 Å². The standard InChI is InChI=1S/C25H31N2O3P/c1-19(2)30-31(28,22-17-15-21(16-18-22)27(3)4)25(26-20-11-7-6-8-12-20)23-13-9-10-14-24(23)29-5/h6-19,25-26H,1-5H3. The van der Waals surface area contributed by atoms with E-state index in [-0.39, 0.29) is 6.10 Å². The zero-order valence-electron chi connectivity index (χ0n) is 18.8. The van der Waals surface area contributed by atoms with E-state index in [1.165, 1.54) is 0 Å². The fourth-order valence-electron chi connectivity index (χ4n) is 3.47. The normalized spacial score (nSPS) is 14.0. The van der Waals surface area contributed by atoms with Gasteiger partial charge in [-0.15, -0.1) is 0 Å². The number of nitrogens with zero attached hydrogens (tertiary/aromatic N) is 1. The summed E-state index contributed by atoms with van der Waals surface area (Å²) >= 11 is 0. The third-order valence-corrected chi connectivity index (χ3v) is 7.78. The van der Waals surface area contributed by atoms with Crippen LogP contribution in [0.15, 0.2) is 78.9 Å². The van der Waals surface area contributed by atoms with Crippen LogP contribution in [0.25, 0.3) is 0 Å². The fourth-order valence-corrected chi connectivity index (χ4v) is 6.10. The molecule has 0 radical (unpaired) electrons. The van der Waals surface area contributed by atoms with Crippen LogP contribution in [0.3, 0.4) is 0 Å². The van der Waals surface area contributed by atoms with Gasteiger partial charge in [0.15, 0.2) is 0 Å². The largest absolute Gasteiger partial charge is 0.496 e. The van der Waals surface area contributed by atoms with Crippen molar-refractivity contribution in [3.63, 3.8) is 0 Å². The van der Waals surface area contributed by atoms with Crippen LogP contribution in [-0.4, -0.2) is 27.3 Å². The Hall–Kier alpha value is -2.75. The maximum Gasteiger partial charge on any atom is 0.258 e. The van der Waals surface area contributed by atoms with E-state index >= 15 is 0 Å². The van der Waals surface area contributed by atoms with E-state index in [9.17, 15) is 4.57 Å². The fraction of sp³-hybridized carbons (Fsp3) is 0.280. The van der Waals surface area contributed by atoms with E-state index in [1.54, 1.807) is 7.11 Å². The van der Waals surface area contributed by atoms with Gasteiger partial charge in [0, 0.05) is 36.3 Å². The van der Waals surface area contributed by atoms with Crippen LogP contribution in [0.2, 0.25) is 0 Å². The molecule has 31 heavy (non-hydrogen) atoms. The number of nitrogens with one attached hydrogen (secondary N) is 1. The second-order valence-electron chi connectivity index (χ2n) is 7.82. The molecule has 164 valence electrons. The molecule has 0 aliphatic rings. The molecule has 0 spiro atoms. The van der Waals surface area contributed by atoms with E-state index in [0.717, 1.165) is 16.9 Å². The number of anilines is 2. The lowest BCUT2D eigenvalue weighted by Gasteiger charge is -2.32. The molecule has 0 bridgehead atoms. The molecule has 3 rings (SSSR count). The van der Waals surface area contributed by atoms with Gasteiger partial charge in [0.25, 0.3) is 7.37 Å². The summed E-state index contributed by atoms with van der Waals surface area (Å²) in [6, 6.07) is 25.1. The summed E-state index contributed by atoms with van der Waals surface area (Å²) in [6.07, 6.45) is -0.228. The highest BCUT2D eigenvalue weighted by Crippen LogP contribution is 2.61. The van der Waals surface area contributed by atoms with Gasteiger partial charge in [-0.2, -0.15) is 0 Å². The number of benzene rings is 3. The van der Waals surface area contributed by atoms with Crippen LogP contribution < -0.4 is 20.3 Å². The van der Waals surface area contributed by atoms with Gasteiger partial charge < -0.3 is 19.5 Å². The smallest absolute Gasteiger partial charge is 0.258 e. The number of hydrogen-bond acceptors (Lipinski definition) is 5. The molecule has 0 fully saturated rings. The third kappa shape index (κ3) is 5.30. The van der Waals surface area contributed by atoms with Crippen molar-refractivity contribution in [3.05, 3.63) is 84.4 Å². The Morgan fingerprint density at radius 3 is 2.06 bits per heavy atom. The van der Waals surface area contributed by atoms with Gasteiger partial charge in [0.1, 0.15) is 11.5 Å². The molecule has 0 aromatic heterocycles. The van der Waals surface area contributed by atoms with Crippen LogP contribution in [0, 0.1) is 0 Å². The van der Waals surface area contributed by atoms with Gasteiger partial charge in [-0.25, -0.2) is 0 Å². The van der Waals surface area contributed by atoms with Crippen molar-refractivity contribution < 1.29 is 13.8 Å². The van der Waals surface area contributed by atoms with Crippen molar-refractivity contribution >= 4 is 24.0 Å². The molecule has 2 atom stereocenters. The number of ether oxygens (including phenoxy) is 1. The second kappa shape index (κ2) is 10.0. The average Bonchev–Trinajstić information content (AvgIpc) is 2.77. The van der Waals surface area contributed by atoms with Crippen LogP contribution in [0.4, 0.5) is 11.4 Å². The first-order chi connectivity index (χ1) is 14.8. The van der Waals surface area contributed by atoms with Gasteiger partial charge >= 0.3 is 0 Å². The highest BCUT2D eigenvalue weighted by Gasteiger charge is 2.40. The van der Waals surface area contributed by atoms with Crippen molar-refractivity contribution in [1.29, 1.82) is 0 Å². The lowest BCUT2D eigenvalue weighted by molar-refractivity contribution is 0.245. The summed E-state index contributed by atoms with van der Waals surface area (Å²) in [7, 11) is 2.16. The maximum absolute atomic E-state index is 14.7. The summed E-state index contributed by atoms with van der Waals surface area (Å²) < 4.78 is 26.6. The monoisotopic (exact) mass is 438 g/mol. The predicted octanol–water partition coefficient (Wildman–Crippen LogP) is 5.90. The highest BCUT2D eigenvalue weighted by atomic mass is 31.2. The lowest BCUT2D eigenvalue weighted by atomic mass is 10.2. The molecule has 0 aliphatic carbocycles. The molecule has 2 unspecified atom stereocenters. The summed E-state index contributed by atoms with van der Waals surface area (Å²) in [5, 5.41) is 4.13. The van der Waals surface area contributed by atoms with E-state index in [4.69, 9.17) is 9.26 Å². The molecular formula is C25H31N2O3P.